The van der Waals surface area contributed by atoms with E-state index in [1.807, 2.05) is 4.90 Å². The first-order valence-corrected chi connectivity index (χ1v) is 8.85. The SMILES string of the molecule is Cc1nnc(C2CN(C(=O)c3cc4c(s3)CCCC4)CCO2)o1. The van der Waals surface area contributed by atoms with E-state index in [0.717, 1.165) is 17.7 Å². The van der Waals surface area contributed by atoms with Gasteiger partial charge in [0.05, 0.1) is 18.0 Å². The summed E-state index contributed by atoms with van der Waals surface area (Å²) in [6.45, 7) is 3.30. The Morgan fingerprint density at radius 2 is 2.22 bits per heavy atom. The Morgan fingerprint density at radius 1 is 1.35 bits per heavy atom. The average molecular weight is 333 g/mol. The third-order valence-corrected chi connectivity index (χ3v) is 5.60. The molecule has 1 aliphatic carbocycles. The summed E-state index contributed by atoms with van der Waals surface area (Å²) in [4.78, 5) is 16.9. The lowest BCUT2D eigenvalue weighted by Crippen LogP contribution is -2.42. The molecule has 2 aromatic heterocycles. The molecule has 1 saturated heterocycles. The lowest BCUT2D eigenvalue weighted by atomic mass is 9.99. The van der Waals surface area contributed by atoms with Crippen LogP contribution in [0.1, 0.15) is 50.8 Å². The van der Waals surface area contributed by atoms with Gasteiger partial charge >= 0.3 is 0 Å². The number of nitrogens with zero attached hydrogens (tertiary/aromatic N) is 3. The van der Waals surface area contributed by atoms with Gasteiger partial charge in [-0.3, -0.25) is 4.79 Å². The van der Waals surface area contributed by atoms with E-state index in [0.29, 0.717) is 31.5 Å². The van der Waals surface area contributed by atoms with Crippen molar-refractivity contribution in [2.45, 2.75) is 38.7 Å². The van der Waals surface area contributed by atoms with Gasteiger partial charge in [0.1, 0.15) is 0 Å². The number of carbonyl (C=O) groups excluding carboxylic acids is 1. The van der Waals surface area contributed by atoms with Crippen molar-refractivity contribution in [2.75, 3.05) is 19.7 Å². The Kier molecular flexibility index (Phi) is 3.90. The summed E-state index contributed by atoms with van der Waals surface area (Å²) in [7, 11) is 0. The molecule has 23 heavy (non-hydrogen) atoms. The monoisotopic (exact) mass is 333 g/mol. The van der Waals surface area contributed by atoms with Crippen LogP contribution in [0.25, 0.3) is 0 Å². The van der Waals surface area contributed by atoms with Crippen molar-refractivity contribution in [3.63, 3.8) is 0 Å². The Morgan fingerprint density at radius 3 is 3.00 bits per heavy atom. The number of amides is 1. The van der Waals surface area contributed by atoms with Gasteiger partial charge in [-0.05, 0) is 37.3 Å². The third-order valence-electron chi connectivity index (χ3n) is 4.38. The van der Waals surface area contributed by atoms with Crippen molar-refractivity contribution in [3.05, 3.63) is 33.2 Å². The van der Waals surface area contributed by atoms with Crippen LogP contribution >= 0.6 is 11.3 Å². The molecule has 6 nitrogen and oxygen atoms in total. The summed E-state index contributed by atoms with van der Waals surface area (Å²) in [6, 6.07) is 2.09. The second-order valence-corrected chi connectivity index (χ2v) is 7.17. The maximum atomic E-state index is 12.8. The molecule has 1 aliphatic heterocycles. The van der Waals surface area contributed by atoms with Gasteiger partial charge in [0.15, 0.2) is 6.10 Å². The predicted molar refractivity (Wildman–Crippen MR) is 84.6 cm³/mol. The second-order valence-electron chi connectivity index (χ2n) is 6.04. The number of aromatic nitrogens is 2. The van der Waals surface area contributed by atoms with Crippen LogP contribution < -0.4 is 0 Å². The standard InChI is InChI=1S/C16H19N3O3S/c1-10-17-18-15(22-10)12-9-19(6-7-21-12)16(20)14-8-11-4-2-3-5-13(11)23-14/h8,12H,2-7,9H2,1H3. The van der Waals surface area contributed by atoms with E-state index in [4.69, 9.17) is 9.15 Å². The smallest absolute Gasteiger partial charge is 0.264 e. The van der Waals surface area contributed by atoms with Crippen LogP contribution in [-0.2, 0) is 17.6 Å². The molecule has 2 aromatic rings. The minimum absolute atomic E-state index is 0.0916. The number of morpholine rings is 1. The van der Waals surface area contributed by atoms with Crippen molar-refractivity contribution >= 4 is 17.2 Å². The molecule has 0 radical (unpaired) electrons. The molecule has 1 fully saturated rings. The zero-order valence-corrected chi connectivity index (χ0v) is 13.9. The van der Waals surface area contributed by atoms with Gasteiger partial charge in [0.25, 0.3) is 5.91 Å². The van der Waals surface area contributed by atoms with Crippen LogP contribution in [0.5, 0.6) is 0 Å². The molecule has 0 spiro atoms. The largest absolute Gasteiger partial charge is 0.423 e. The number of hydrogen-bond donors (Lipinski definition) is 0. The molecular formula is C16H19N3O3S. The number of aryl methyl sites for hydroxylation is 3. The van der Waals surface area contributed by atoms with Crippen LogP contribution in [0.15, 0.2) is 10.5 Å². The maximum absolute atomic E-state index is 12.8. The highest BCUT2D eigenvalue weighted by Gasteiger charge is 2.30. The van der Waals surface area contributed by atoms with E-state index in [9.17, 15) is 4.79 Å². The fraction of sp³-hybridized carbons (Fsp3) is 0.562. The highest BCUT2D eigenvalue weighted by Crippen LogP contribution is 2.31. The zero-order chi connectivity index (χ0) is 15.8. The molecule has 2 aliphatic rings. The van der Waals surface area contributed by atoms with Crippen LogP contribution in [0.3, 0.4) is 0 Å². The molecule has 1 atom stereocenters. The van der Waals surface area contributed by atoms with Crippen molar-refractivity contribution in [3.8, 4) is 0 Å². The minimum Gasteiger partial charge on any atom is -0.423 e. The number of carbonyl (C=O) groups is 1. The lowest BCUT2D eigenvalue weighted by molar-refractivity contribution is -0.0347. The molecular weight excluding hydrogens is 314 g/mol. The molecule has 0 N–H and O–H groups in total. The highest BCUT2D eigenvalue weighted by atomic mass is 32.1. The highest BCUT2D eigenvalue weighted by molar-refractivity contribution is 7.14. The van der Waals surface area contributed by atoms with Crippen molar-refractivity contribution in [2.24, 2.45) is 0 Å². The molecule has 0 aromatic carbocycles. The summed E-state index contributed by atoms with van der Waals surface area (Å²) in [5.74, 6) is 1.05. The fourth-order valence-electron chi connectivity index (χ4n) is 3.18. The van der Waals surface area contributed by atoms with Gasteiger partial charge in [0.2, 0.25) is 11.8 Å². The first-order valence-electron chi connectivity index (χ1n) is 8.03. The zero-order valence-electron chi connectivity index (χ0n) is 13.1. The molecule has 1 unspecified atom stereocenters. The van der Waals surface area contributed by atoms with Crippen molar-refractivity contribution in [1.82, 2.24) is 15.1 Å². The summed E-state index contributed by atoms with van der Waals surface area (Å²) >= 11 is 1.65. The second kappa shape index (κ2) is 6.05. The summed E-state index contributed by atoms with van der Waals surface area (Å²) < 4.78 is 11.1. The quantitative estimate of drug-likeness (QED) is 0.845. The maximum Gasteiger partial charge on any atom is 0.264 e. The molecule has 0 saturated carbocycles. The predicted octanol–water partition coefficient (Wildman–Crippen LogP) is 2.53. The van der Waals surface area contributed by atoms with Gasteiger partial charge in [0, 0.05) is 18.3 Å². The third kappa shape index (κ3) is 2.90. The van der Waals surface area contributed by atoms with E-state index < -0.39 is 0 Å². The minimum atomic E-state index is -0.330. The molecule has 1 amide bonds. The van der Waals surface area contributed by atoms with E-state index in [1.165, 1.54) is 23.3 Å². The van der Waals surface area contributed by atoms with Gasteiger partial charge in [-0.25, -0.2) is 0 Å². The van der Waals surface area contributed by atoms with E-state index in [2.05, 4.69) is 16.3 Å². The lowest BCUT2D eigenvalue weighted by Gasteiger charge is -2.30. The molecule has 122 valence electrons. The number of fused-ring (bicyclic) bond motifs is 1. The fourth-order valence-corrected chi connectivity index (χ4v) is 4.40. The summed E-state index contributed by atoms with van der Waals surface area (Å²) in [5.41, 5.74) is 1.36. The molecule has 7 heteroatoms. The number of ether oxygens (including phenoxy) is 1. The Labute approximate surface area is 138 Å². The van der Waals surface area contributed by atoms with Crippen LogP contribution in [0, 0.1) is 6.92 Å². The van der Waals surface area contributed by atoms with Gasteiger partial charge in [-0.1, -0.05) is 0 Å². The number of rotatable bonds is 2. The Hall–Kier alpha value is -1.73. The summed E-state index contributed by atoms with van der Waals surface area (Å²) in [6.07, 6.45) is 4.35. The van der Waals surface area contributed by atoms with Crippen molar-refractivity contribution in [1.29, 1.82) is 0 Å². The van der Waals surface area contributed by atoms with Gasteiger partial charge in [-0.15, -0.1) is 21.5 Å². The van der Waals surface area contributed by atoms with E-state index in [1.54, 1.807) is 18.3 Å². The molecule has 3 heterocycles. The Bertz CT molecular complexity index is 700. The molecule has 0 bridgehead atoms. The van der Waals surface area contributed by atoms with Gasteiger partial charge in [-0.2, -0.15) is 0 Å². The first kappa shape index (κ1) is 14.8. The van der Waals surface area contributed by atoms with Gasteiger partial charge < -0.3 is 14.1 Å². The van der Waals surface area contributed by atoms with Crippen LogP contribution in [0.4, 0.5) is 0 Å². The first-order chi connectivity index (χ1) is 11.2. The Balaban J connectivity index is 1.50. The molecule has 4 rings (SSSR count). The topological polar surface area (TPSA) is 68.5 Å². The summed E-state index contributed by atoms with van der Waals surface area (Å²) in [5, 5.41) is 7.85. The normalized spacial score (nSPS) is 21.3. The van der Waals surface area contributed by atoms with Crippen LogP contribution in [-0.4, -0.2) is 40.7 Å². The van der Waals surface area contributed by atoms with Crippen LogP contribution in [0.2, 0.25) is 0 Å². The number of hydrogen-bond acceptors (Lipinski definition) is 6. The van der Waals surface area contributed by atoms with E-state index in [-0.39, 0.29) is 12.0 Å². The number of thiophene rings is 1. The average Bonchev–Trinajstić information content (AvgIpc) is 3.20. The van der Waals surface area contributed by atoms with E-state index >= 15 is 0 Å². The van der Waals surface area contributed by atoms with Crippen molar-refractivity contribution < 1.29 is 13.9 Å².